The second-order valence-electron chi connectivity index (χ2n) is 4.22. The molecule has 1 rings (SSSR count). The second-order valence-corrected chi connectivity index (χ2v) is 4.49. The molecule has 0 heterocycles. The smallest absolute Gasteiger partial charge is 0.146 e. The van der Waals surface area contributed by atoms with Gasteiger partial charge in [-0.05, 0) is 25.5 Å². The Kier molecular flexibility index (Phi) is 5.72. The highest BCUT2D eigenvalue weighted by Gasteiger charge is 2.12. The van der Waals surface area contributed by atoms with Crippen LogP contribution in [0.25, 0.3) is 0 Å². The lowest BCUT2D eigenvalue weighted by molar-refractivity contribution is 0.0845. The summed E-state index contributed by atoms with van der Waals surface area (Å²) < 4.78 is 19.2. The summed E-state index contributed by atoms with van der Waals surface area (Å²) in [4.78, 5) is 1.84. The Balaban J connectivity index is 2.70. The number of alkyl halides is 1. The lowest BCUT2D eigenvalue weighted by Gasteiger charge is -2.23. The highest BCUT2D eigenvalue weighted by Crippen LogP contribution is 2.24. The van der Waals surface area contributed by atoms with Crippen LogP contribution in [0.5, 0.6) is 0 Å². The van der Waals surface area contributed by atoms with E-state index in [2.05, 4.69) is 0 Å². The Labute approximate surface area is 107 Å². The van der Waals surface area contributed by atoms with Crippen molar-refractivity contribution in [2.75, 3.05) is 25.1 Å². The first-order valence-corrected chi connectivity index (χ1v) is 6.25. The Morgan fingerprint density at radius 1 is 1.41 bits per heavy atom. The van der Waals surface area contributed by atoms with E-state index in [-0.39, 0.29) is 11.9 Å². The lowest BCUT2D eigenvalue weighted by atomic mass is 10.2. The average molecular weight is 260 g/mol. The molecular formula is C13H19ClFNO. The SMILES string of the molecule is CC(C)OCCN(C)c1c(F)cccc1CCl. The maximum absolute atomic E-state index is 13.7. The van der Waals surface area contributed by atoms with Gasteiger partial charge in [-0.15, -0.1) is 11.6 Å². The maximum Gasteiger partial charge on any atom is 0.146 e. The van der Waals surface area contributed by atoms with Gasteiger partial charge in [0.15, 0.2) is 0 Å². The molecule has 1 aromatic carbocycles. The minimum Gasteiger partial charge on any atom is -0.377 e. The predicted molar refractivity (Wildman–Crippen MR) is 70.3 cm³/mol. The van der Waals surface area contributed by atoms with E-state index in [0.717, 1.165) is 5.56 Å². The van der Waals surface area contributed by atoms with Crippen molar-refractivity contribution in [2.24, 2.45) is 0 Å². The van der Waals surface area contributed by atoms with Gasteiger partial charge in [-0.25, -0.2) is 4.39 Å². The van der Waals surface area contributed by atoms with Gasteiger partial charge < -0.3 is 9.64 Å². The number of anilines is 1. The third-order valence-electron chi connectivity index (χ3n) is 2.47. The van der Waals surface area contributed by atoms with Gasteiger partial charge in [0, 0.05) is 19.5 Å². The summed E-state index contributed by atoms with van der Waals surface area (Å²) in [6.07, 6.45) is 0.191. The molecule has 0 atom stereocenters. The second kappa shape index (κ2) is 6.82. The van der Waals surface area contributed by atoms with E-state index >= 15 is 0 Å². The summed E-state index contributed by atoms with van der Waals surface area (Å²) in [5, 5.41) is 0. The molecule has 0 amide bonds. The molecule has 2 nitrogen and oxygen atoms in total. The molecule has 0 saturated carbocycles. The van der Waals surface area contributed by atoms with Crippen LogP contribution in [0.3, 0.4) is 0 Å². The summed E-state index contributed by atoms with van der Waals surface area (Å²) in [6.45, 7) is 5.17. The highest BCUT2D eigenvalue weighted by atomic mass is 35.5. The van der Waals surface area contributed by atoms with Crippen molar-refractivity contribution in [3.05, 3.63) is 29.6 Å². The monoisotopic (exact) mass is 259 g/mol. The number of hydrogen-bond donors (Lipinski definition) is 0. The fourth-order valence-electron chi connectivity index (χ4n) is 1.63. The zero-order valence-corrected chi connectivity index (χ0v) is 11.3. The number of hydrogen-bond acceptors (Lipinski definition) is 2. The van der Waals surface area contributed by atoms with Crippen LogP contribution < -0.4 is 4.90 Å². The van der Waals surface area contributed by atoms with Crippen molar-refractivity contribution in [3.63, 3.8) is 0 Å². The molecule has 4 heteroatoms. The standard InChI is InChI=1S/C13H19ClFNO/c1-10(2)17-8-7-16(3)13-11(9-14)5-4-6-12(13)15/h4-6,10H,7-9H2,1-3H3. The van der Waals surface area contributed by atoms with Crippen molar-refractivity contribution in [3.8, 4) is 0 Å². The molecular weight excluding hydrogens is 241 g/mol. The van der Waals surface area contributed by atoms with Gasteiger partial charge in [0.25, 0.3) is 0 Å². The van der Waals surface area contributed by atoms with Crippen molar-refractivity contribution < 1.29 is 9.13 Å². The van der Waals surface area contributed by atoms with Crippen LogP contribution in [0.2, 0.25) is 0 Å². The van der Waals surface area contributed by atoms with E-state index in [0.29, 0.717) is 24.7 Å². The minimum absolute atomic E-state index is 0.191. The zero-order chi connectivity index (χ0) is 12.8. The first-order valence-electron chi connectivity index (χ1n) is 5.72. The van der Waals surface area contributed by atoms with Crippen LogP contribution in [-0.2, 0) is 10.6 Å². The molecule has 0 aliphatic rings. The van der Waals surface area contributed by atoms with E-state index in [9.17, 15) is 4.39 Å². The summed E-state index contributed by atoms with van der Waals surface area (Å²) in [5.74, 6) is 0.0674. The largest absolute Gasteiger partial charge is 0.377 e. The van der Waals surface area contributed by atoms with E-state index in [4.69, 9.17) is 16.3 Å². The summed E-state index contributed by atoms with van der Waals surface area (Å²) in [7, 11) is 1.85. The van der Waals surface area contributed by atoms with Crippen molar-refractivity contribution in [1.82, 2.24) is 0 Å². The molecule has 1 aromatic rings. The van der Waals surface area contributed by atoms with Gasteiger partial charge in [0.1, 0.15) is 5.82 Å². The molecule has 0 aromatic heterocycles. The number of rotatable bonds is 6. The number of para-hydroxylation sites is 1. The normalized spacial score (nSPS) is 10.9. The summed E-state index contributed by atoms with van der Waals surface area (Å²) in [5.41, 5.74) is 1.37. The van der Waals surface area contributed by atoms with Gasteiger partial charge in [0.05, 0.1) is 18.4 Å². The van der Waals surface area contributed by atoms with Gasteiger partial charge in [-0.2, -0.15) is 0 Å². The molecule has 0 N–H and O–H groups in total. The van der Waals surface area contributed by atoms with Crippen LogP contribution in [0, 0.1) is 5.82 Å². The van der Waals surface area contributed by atoms with Crippen LogP contribution in [0.4, 0.5) is 10.1 Å². The quantitative estimate of drug-likeness (QED) is 0.726. The molecule has 0 fully saturated rings. The van der Waals surface area contributed by atoms with Crippen molar-refractivity contribution in [1.29, 1.82) is 0 Å². The van der Waals surface area contributed by atoms with Crippen molar-refractivity contribution >= 4 is 17.3 Å². The number of likely N-dealkylation sites (N-methyl/N-ethyl adjacent to an activating group) is 1. The molecule has 17 heavy (non-hydrogen) atoms. The Morgan fingerprint density at radius 3 is 2.71 bits per heavy atom. The molecule has 0 radical (unpaired) electrons. The van der Waals surface area contributed by atoms with Crippen LogP contribution in [0.15, 0.2) is 18.2 Å². The molecule has 0 bridgehead atoms. The van der Waals surface area contributed by atoms with Crippen molar-refractivity contribution in [2.45, 2.75) is 25.8 Å². The number of halogens is 2. The predicted octanol–water partition coefficient (Wildman–Crippen LogP) is 3.43. The first kappa shape index (κ1) is 14.3. The van der Waals surface area contributed by atoms with E-state index in [1.807, 2.05) is 31.9 Å². The number of ether oxygens (including phenoxy) is 1. The molecule has 0 aliphatic carbocycles. The van der Waals surface area contributed by atoms with Crippen LogP contribution in [-0.4, -0.2) is 26.3 Å². The van der Waals surface area contributed by atoms with Gasteiger partial charge >= 0.3 is 0 Å². The topological polar surface area (TPSA) is 12.5 Å². The number of benzene rings is 1. The van der Waals surface area contributed by atoms with Crippen LogP contribution >= 0.6 is 11.6 Å². The minimum atomic E-state index is -0.241. The number of nitrogens with zero attached hydrogens (tertiary/aromatic N) is 1. The first-order chi connectivity index (χ1) is 8.06. The molecule has 96 valence electrons. The third kappa shape index (κ3) is 4.17. The van der Waals surface area contributed by atoms with Gasteiger partial charge in [-0.3, -0.25) is 0 Å². The zero-order valence-electron chi connectivity index (χ0n) is 10.5. The Hall–Kier alpha value is -0.800. The fourth-order valence-corrected chi connectivity index (χ4v) is 1.85. The van der Waals surface area contributed by atoms with E-state index < -0.39 is 0 Å². The van der Waals surface area contributed by atoms with E-state index in [1.54, 1.807) is 6.07 Å². The fraction of sp³-hybridized carbons (Fsp3) is 0.538. The Bertz CT molecular complexity index is 357. The average Bonchev–Trinajstić information content (AvgIpc) is 2.27. The van der Waals surface area contributed by atoms with Crippen LogP contribution in [0.1, 0.15) is 19.4 Å². The highest BCUT2D eigenvalue weighted by molar-refractivity contribution is 6.17. The summed E-state index contributed by atoms with van der Waals surface area (Å²) >= 11 is 5.81. The third-order valence-corrected chi connectivity index (χ3v) is 2.76. The van der Waals surface area contributed by atoms with E-state index in [1.165, 1.54) is 6.07 Å². The summed E-state index contributed by atoms with van der Waals surface area (Å²) in [6, 6.07) is 4.96. The molecule has 0 aliphatic heterocycles. The maximum atomic E-state index is 13.7. The van der Waals surface area contributed by atoms with Gasteiger partial charge in [-0.1, -0.05) is 12.1 Å². The lowest BCUT2D eigenvalue weighted by Crippen LogP contribution is -2.25. The molecule has 0 spiro atoms. The molecule has 0 unspecified atom stereocenters. The Morgan fingerprint density at radius 2 is 2.12 bits per heavy atom. The molecule has 0 saturated heterocycles. The van der Waals surface area contributed by atoms with Gasteiger partial charge in [0.2, 0.25) is 0 Å².